The summed E-state index contributed by atoms with van der Waals surface area (Å²) in [5.74, 6) is 1.40. The van der Waals surface area contributed by atoms with E-state index in [1.54, 1.807) is 12.4 Å². The van der Waals surface area contributed by atoms with E-state index in [-0.39, 0.29) is 0 Å². The van der Waals surface area contributed by atoms with Gasteiger partial charge in [-0.05, 0) is 37.3 Å². The minimum Gasteiger partial charge on any atom is -0.340 e. The Morgan fingerprint density at radius 1 is 1.08 bits per heavy atom. The van der Waals surface area contributed by atoms with Gasteiger partial charge in [-0.15, -0.1) is 0 Å². The predicted octanol–water partition coefficient (Wildman–Crippen LogP) is 3.48. The van der Waals surface area contributed by atoms with Gasteiger partial charge < -0.3 is 9.88 Å². The lowest BCUT2D eigenvalue weighted by Gasteiger charge is -2.09. The fraction of sp³-hybridized carbons (Fsp3) is 0.111. The van der Waals surface area contributed by atoms with Crippen molar-refractivity contribution in [1.29, 1.82) is 0 Å². The van der Waals surface area contributed by atoms with Gasteiger partial charge in [-0.1, -0.05) is 0 Å². The molecule has 1 N–H and O–H groups in total. The van der Waals surface area contributed by atoms with E-state index in [2.05, 4.69) is 25.3 Å². The van der Waals surface area contributed by atoms with E-state index >= 15 is 0 Å². The molecule has 0 saturated carbocycles. The SMILES string of the molecule is Cc1cc(Nc2ccc3c(c2)ncn3C)nc(-c2cccnc2)n1. The van der Waals surface area contributed by atoms with E-state index in [4.69, 9.17) is 0 Å². The van der Waals surface area contributed by atoms with Gasteiger partial charge in [0.2, 0.25) is 0 Å². The molecule has 6 heteroatoms. The van der Waals surface area contributed by atoms with E-state index in [0.717, 1.165) is 33.8 Å². The number of hydrogen-bond acceptors (Lipinski definition) is 5. The minimum atomic E-state index is 0.657. The van der Waals surface area contributed by atoms with Crippen molar-refractivity contribution in [3.63, 3.8) is 0 Å². The standard InChI is InChI=1S/C18H16N6/c1-12-8-17(23-18(21-12)13-4-3-7-19-10-13)22-14-5-6-16-15(9-14)20-11-24(16)2/h3-11H,1-2H3,(H,21,22,23). The minimum absolute atomic E-state index is 0.657. The van der Waals surface area contributed by atoms with Crippen LogP contribution in [0.3, 0.4) is 0 Å². The third-order valence-electron chi connectivity index (χ3n) is 3.77. The van der Waals surface area contributed by atoms with Crippen LogP contribution in [0.25, 0.3) is 22.4 Å². The second-order valence-electron chi connectivity index (χ2n) is 5.64. The molecule has 0 aliphatic rings. The van der Waals surface area contributed by atoms with E-state index in [1.165, 1.54) is 0 Å². The summed E-state index contributed by atoms with van der Waals surface area (Å²) in [6.07, 6.45) is 5.31. The number of aromatic nitrogens is 5. The highest BCUT2D eigenvalue weighted by Crippen LogP contribution is 2.22. The molecular formula is C18H16N6. The van der Waals surface area contributed by atoms with E-state index in [9.17, 15) is 0 Å². The van der Waals surface area contributed by atoms with Crippen molar-refractivity contribution in [3.8, 4) is 11.4 Å². The molecule has 0 aliphatic carbocycles. The van der Waals surface area contributed by atoms with Gasteiger partial charge in [0.1, 0.15) is 5.82 Å². The normalized spacial score (nSPS) is 10.9. The molecule has 6 nitrogen and oxygen atoms in total. The summed E-state index contributed by atoms with van der Waals surface area (Å²) in [4.78, 5) is 17.6. The Morgan fingerprint density at radius 3 is 2.83 bits per heavy atom. The van der Waals surface area contributed by atoms with E-state index in [1.807, 2.05) is 61.3 Å². The second-order valence-corrected chi connectivity index (χ2v) is 5.64. The summed E-state index contributed by atoms with van der Waals surface area (Å²) in [6.45, 7) is 1.95. The van der Waals surface area contributed by atoms with Crippen LogP contribution in [-0.2, 0) is 7.05 Å². The van der Waals surface area contributed by atoms with Gasteiger partial charge in [0.15, 0.2) is 5.82 Å². The van der Waals surface area contributed by atoms with Crippen LogP contribution in [0.4, 0.5) is 11.5 Å². The molecule has 118 valence electrons. The second kappa shape index (κ2) is 5.73. The van der Waals surface area contributed by atoms with Crippen LogP contribution in [0.2, 0.25) is 0 Å². The molecule has 1 aromatic carbocycles. The Bertz CT molecular complexity index is 1010. The molecule has 0 bridgehead atoms. The monoisotopic (exact) mass is 316 g/mol. The topological polar surface area (TPSA) is 68.5 Å². The molecule has 4 rings (SSSR count). The molecule has 0 fully saturated rings. The molecule has 0 aliphatic heterocycles. The van der Waals surface area contributed by atoms with Crippen LogP contribution in [0.1, 0.15) is 5.69 Å². The van der Waals surface area contributed by atoms with Crippen molar-refractivity contribution < 1.29 is 0 Å². The van der Waals surface area contributed by atoms with Crippen LogP contribution in [0.15, 0.2) is 55.1 Å². The third kappa shape index (κ3) is 2.69. The summed E-state index contributed by atoms with van der Waals surface area (Å²) in [6, 6.07) is 11.8. The molecule has 0 atom stereocenters. The molecule has 24 heavy (non-hydrogen) atoms. The lowest BCUT2D eigenvalue weighted by atomic mass is 10.2. The average Bonchev–Trinajstić information content (AvgIpc) is 2.96. The summed E-state index contributed by atoms with van der Waals surface area (Å²) in [5, 5.41) is 3.34. The number of imidazole rings is 1. The largest absolute Gasteiger partial charge is 0.340 e. The van der Waals surface area contributed by atoms with Crippen molar-refractivity contribution in [2.75, 3.05) is 5.32 Å². The Kier molecular flexibility index (Phi) is 3.42. The van der Waals surface area contributed by atoms with Gasteiger partial charge in [0, 0.05) is 42.5 Å². The molecule has 0 spiro atoms. The fourth-order valence-corrected chi connectivity index (χ4v) is 2.62. The van der Waals surface area contributed by atoms with Gasteiger partial charge >= 0.3 is 0 Å². The number of nitrogens with zero attached hydrogens (tertiary/aromatic N) is 5. The quantitative estimate of drug-likeness (QED) is 0.627. The van der Waals surface area contributed by atoms with E-state index in [0.29, 0.717) is 5.82 Å². The zero-order chi connectivity index (χ0) is 16.5. The number of rotatable bonds is 3. The Morgan fingerprint density at radius 2 is 2.00 bits per heavy atom. The maximum Gasteiger partial charge on any atom is 0.163 e. The molecule has 4 aromatic rings. The van der Waals surface area contributed by atoms with Crippen molar-refractivity contribution >= 4 is 22.5 Å². The number of fused-ring (bicyclic) bond motifs is 1. The molecule has 0 unspecified atom stereocenters. The highest BCUT2D eigenvalue weighted by molar-refractivity contribution is 5.80. The zero-order valence-electron chi connectivity index (χ0n) is 13.4. The number of hydrogen-bond donors (Lipinski definition) is 1. The van der Waals surface area contributed by atoms with Crippen molar-refractivity contribution in [3.05, 3.63) is 60.8 Å². The molecule has 3 aromatic heterocycles. The molecule has 0 saturated heterocycles. The number of nitrogens with one attached hydrogen (secondary N) is 1. The van der Waals surface area contributed by atoms with Gasteiger partial charge in [-0.25, -0.2) is 15.0 Å². The number of benzene rings is 1. The first kappa shape index (κ1) is 14.3. The highest BCUT2D eigenvalue weighted by atomic mass is 15.0. The highest BCUT2D eigenvalue weighted by Gasteiger charge is 2.07. The smallest absolute Gasteiger partial charge is 0.163 e. The number of pyridine rings is 1. The van der Waals surface area contributed by atoms with Crippen LogP contribution in [-0.4, -0.2) is 24.5 Å². The average molecular weight is 316 g/mol. The molecule has 0 amide bonds. The van der Waals surface area contributed by atoms with Gasteiger partial charge in [-0.3, -0.25) is 4.98 Å². The van der Waals surface area contributed by atoms with Crippen molar-refractivity contribution in [2.24, 2.45) is 7.05 Å². The Hall–Kier alpha value is -3.28. The van der Waals surface area contributed by atoms with Crippen LogP contribution in [0, 0.1) is 6.92 Å². The number of aryl methyl sites for hydroxylation is 2. The fourth-order valence-electron chi connectivity index (χ4n) is 2.62. The van der Waals surface area contributed by atoms with Crippen LogP contribution < -0.4 is 5.32 Å². The third-order valence-corrected chi connectivity index (χ3v) is 3.77. The van der Waals surface area contributed by atoms with Crippen molar-refractivity contribution in [2.45, 2.75) is 6.92 Å². The summed E-state index contributed by atoms with van der Waals surface area (Å²) >= 11 is 0. The Labute approximate surface area is 139 Å². The first-order chi connectivity index (χ1) is 11.7. The lowest BCUT2D eigenvalue weighted by molar-refractivity contribution is 0.948. The zero-order valence-corrected chi connectivity index (χ0v) is 13.4. The lowest BCUT2D eigenvalue weighted by Crippen LogP contribution is -1.99. The van der Waals surface area contributed by atoms with Gasteiger partial charge in [0.25, 0.3) is 0 Å². The Balaban J connectivity index is 1.69. The van der Waals surface area contributed by atoms with E-state index < -0.39 is 0 Å². The van der Waals surface area contributed by atoms with Crippen molar-refractivity contribution in [1.82, 2.24) is 24.5 Å². The van der Waals surface area contributed by atoms with Gasteiger partial charge in [0.05, 0.1) is 17.4 Å². The molecule has 0 radical (unpaired) electrons. The molecule has 3 heterocycles. The van der Waals surface area contributed by atoms with Crippen LogP contribution >= 0.6 is 0 Å². The predicted molar refractivity (Wildman–Crippen MR) is 94.0 cm³/mol. The molecular weight excluding hydrogens is 300 g/mol. The number of anilines is 2. The first-order valence-corrected chi connectivity index (χ1v) is 7.63. The van der Waals surface area contributed by atoms with Crippen LogP contribution in [0.5, 0.6) is 0 Å². The summed E-state index contributed by atoms with van der Waals surface area (Å²) in [7, 11) is 1.98. The van der Waals surface area contributed by atoms with Gasteiger partial charge in [-0.2, -0.15) is 0 Å². The maximum atomic E-state index is 4.60. The first-order valence-electron chi connectivity index (χ1n) is 7.63. The summed E-state index contributed by atoms with van der Waals surface area (Å²) in [5.41, 5.74) is 4.77. The maximum absolute atomic E-state index is 4.60. The summed E-state index contributed by atoms with van der Waals surface area (Å²) < 4.78 is 1.99.